The first-order valence-electron chi connectivity index (χ1n) is 8.78. The molecule has 1 heterocycles. The molecule has 0 saturated heterocycles. The second-order valence-corrected chi connectivity index (χ2v) is 9.51. The second-order valence-electron chi connectivity index (χ2n) is 6.15. The number of rotatable bonds is 11. The Labute approximate surface area is 184 Å². The van der Waals surface area contributed by atoms with E-state index in [4.69, 9.17) is 4.74 Å². The van der Waals surface area contributed by atoms with E-state index in [-0.39, 0.29) is 29.7 Å². The van der Waals surface area contributed by atoms with Crippen molar-refractivity contribution in [3.63, 3.8) is 0 Å². The van der Waals surface area contributed by atoms with Crippen LogP contribution in [-0.2, 0) is 31.4 Å². The van der Waals surface area contributed by atoms with Crippen LogP contribution in [0.2, 0.25) is 0 Å². The number of hydrazine groups is 1. The van der Waals surface area contributed by atoms with Crippen molar-refractivity contribution in [2.24, 2.45) is 0 Å². The molecule has 0 spiro atoms. The zero-order valence-corrected chi connectivity index (χ0v) is 18.1. The standard InChI is InChI=1S/C18H21FN4O6S2.3H2/c1-3-30(25,26)20-8-9-29-12-14-10-13(2)21-16(11-14)18(24)22-23-31(27,28)17-7-5-4-6-15(17)19;;;/h3-7,10-11,20,23H,1,8-9,12H2,2H3,(H,22,24);3*1H. The van der Waals surface area contributed by atoms with Gasteiger partial charge >= 0.3 is 0 Å². The summed E-state index contributed by atoms with van der Waals surface area (Å²) in [4.78, 5) is 17.5. The van der Waals surface area contributed by atoms with Gasteiger partial charge in [-0.2, -0.15) is 0 Å². The molecule has 10 nitrogen and oxygen atoms in total. The number of benzene rings is 1. The fourth-order valence-electron chi connectivity index (χ4n) is 2.34. The van der Waals surface area contributed by atoms with Gasteiger partial charge in [-0.05, 0) is 36.8 Å². The molecule has 1 amide bonds. The van der Waals surface area contributed by atoms with Crippen LogP contribution < -0.4 is 15.0 Å². The van der Waals surface area contributed by atoms with Gasteiger partial charge in [0.05, 0.1) is 13.2 Å². The molecule has 3 N–H and O–H groups in total. The maximum Gasteiger partial charge on any atom is 0.284 e. The molecule has 0 bridgehead atoms. The molecule has 0 aliphatic carbocycles. The van der Waals surface area contributed by atoms with Gasteiger partial charge in [0.15, 0.2) is 0 Å². The summed E-state index contributed by atoms with van der Waals surface area (Å²) in [6.07, 6.45) is 0. The van der Waals surface area contributed by atoms with Crippen LogP contribution in [-0.4, -0.2) is 40.9 Å². The maximum absolute atomic E-state index is 13.7. The van der Waals surface area contributed by atoms with Crippen molar-refractivity contribution >= 4 is 26.0 Å². The van der Waals surface area contributed by atoms with Crippen molar-refractivity contribution in [2.75, 3.05) is 13.2 Å². The summed E-state index contributed by atoms with van der Waals surface area (Å²) >= 11 is 0. The van der Waals surface area contributed by atoms with Crippen LogP contribution in [0.25, 0.3) is 0 Å². The summed E-state index contributed by atoms with van der Waals surface area (Å²) in [6.45, 7) is 4.95. The third kappa shape index (κ3) is 7.48. The number of carbonyl (C=O) groups is 1. The topological polar surface area (TPSA) is 144 Å². The zero-order valence-electron chi connectivity index (χ0n) is 16.5. The predicted octanol–water partition coefficient (Wildman–Crippen LogP) is 1.47. The average molecular weight is 479 g/mol. The van der Waals surface area contributed by atoms with Crippen LogP contribution >= 0.6 is 0 Å². The molecule has 0 saturated carbocycles. The number of carbonyl (C=O) groups excluding carboxylic acids is 1. The lowest BCUT2D eigenvalue weighted by Gasteiger charge is -2.10. The van der Waals surface area contributed by atoms with Crippen LogP contribution in [0.4, 0.5) is 4.39 Å². The number of nitrogens with one attached hydrogen (secondary N) is 3. The van der Waals surface area contributed by atoms with Crippen molar-refractivity contribution in [1.82, 2.24) is 20.0 Å². The largest absolute Gasteiger partial charge is 0.375 e. The number of nitrogens with zero attached hydrogens (tertiary/aromatic N) is 1. The fourth-order valence-corrected chi connectivity index (χ4v) is 3.75. The molecule has 0 atom stereocenters. The molecule has 0 aliphatic rings. The SMILES string of the molecule is C=CS(=O)(=O)NCCOCc1cc(C)nc(C(=O)NNS(=O)(=O)c2ccccc2F)c1.[HH].[HH].[HH]. The van der Waals surface area contributed by atoms with Crippen LogP contribution in [0.15, 0.2) is 53.3 Å². The molecule has 1 aromatic carbocycles. The molecule has 1 aromatic heterocycles. The number of aromatic nitrogens is 1. The molecule has 0 fully saturated rings. The minimum absolute atomic E-state index is 0. The highest BCUT2D eigenvalue weighted by molar-refractivity contribution is 7.92. The van der Waals surface area contributed by atoms with E-state index in [1.807, 2.05) is 10.3 Å². The number of amides is 1. The summed E-state index contributed by atoms with van der Waals surface area (Å²) in [7, 11) is -7.86. The van der Waals surface area contributed by atoms with Crippen molar-refractivity contribution in [3.8, 4) is 0 Å². The number of halogens is 1. The highest BCUT2D eigenvalue weighted by Crippen LogP contribution is 2.12. The zero-order chi connectivity index (χ0) is 23.1. The second kappa shape index (κ2) is 10.5. The lowest BCUT2D eigenvalue weighted by molar-refractivity contribution is 0.0939. The number of pyridine rings is 1. The van der Waals surface area contributed by atoms with E-state index in [2.05, 4.69) is 16.3 Å². The molecule has 2 aromatic rings. The summed E-state index contributed by atoms with van der Waals surface area (Å²) in [5.74, 6) is -1.82. The highest BCUT2D eigenvalue weighted by Gasteiger charge is 2.20. The highest BCUT2D eigenvalue weighted by atomic mass is 32.2. The lowest BCUT2D eigenvalue weighted by atomic mass is 10.2. The summed E-state index contributed by atoms with van der Waals surface area (Å²) < 4.78 is 68.1. The molecule has 13 heteroatoms. The van der Waals surface area contributed by atoms with E-state index < -0.39 is 36.7 Å². The Morgan fingerprint density at radius 1 is 1.26 bits per heavy atom. The summed E-state index contributed by atoms with van der Waals surface area (Å²) in [5, 5.41) is 0.782. The van der Waals surface area contributed by atoms with Crippen LogP contribution in [0.3, 0.4) is 0 Å². The van der Waals surface area contributed by atoms with E-state index in [0.29, 0.717) is 11.3 Å². The predicted molar refractivity (Wildman–Crippen MR) is 116 cm³/mol. The van der Waals surface area contributed by atoms with Gasteiger partial charge < -0.3 is 4.74 Å². The van der Waals surface area contributed by atoms with Crippen molar-refractivity contribution < 1.29 is 35.0 Å². The summed E-state index contributed by atoms with van der Waals surface area (Å²) in [5.41, 5.74) is 2.92. The van der Waals surface area contributed by atoms with Crippen LogP contribution in [0.5, 0.6) is 0 Å². The number of hydrogen-bond acceptors (Lipinski definition) is 7. The van der Waals surface area contributed by atoms with Crippen molar-refractivity contribution in [3.05, 3.63) is 71.2 Å². The van der Waals surface area contributed by atoms with E-state index in [1.165, 1.54) is 18.2 Å². The number of ether oxygens (including phenoxy) is 1. The Kier molecular flexibility index (Phi) is 8.36. The molecule has 0 unspecified atom stereocenters. The van der Waals surface area contributed by atoms with Gasteiger partial charge in [-0.15, -0.1) is 4.83 Å². The molecule has 2 rings (SSSR count). The van der Waals surface area contributed by atoms with Gasteiger partial charge in [0.1, 0.15) is 16.4 Å². The van der Waals surface area contributed by atoms with E-state index in [0.717, 1.165) is 17.5 Å². The molecule has 31 heavy (non-hydrogen) atoms. The van der Waals surface area contributed by atoms with Gasteiger partial charge in [-0.25, -0.2) is 30.9 Å². The molecule has 0 aliphatic heterocycles. The minimum atomic E-state index is -4.32. The fraction of sp³-hybridized carbons (Fsp3) is 0.222. The van der Waals surface area contributed by atoms with Crippen molar-refractivity contribution in [2.45, 2.75) is 18.4 Å². The molecule has 0 radical (unpaired) electrons. The number of hydrogen-bond donors (Lipinski definition) is 3. The van der Waals surface area contributed by atoms with E-state index in [1.54, 1.807) is 13.0 Å². The van der Waals surface area contributed by atoms with Gasteiger partial charge in [0.25, 0.3) is 15.9 Å². The van der Waals surface area contributed by atoms with Gasteiger partial charge in [0, 0.05) is 21.9 Å². The molecular weight excluding hydrogens is 451 g/mol. The summed E-state index contributed by atoms with van der Waals surface area (Å²) in [6, 6.07) is 7.74. The lowest BCUT2D eigenvalue weighted by Crippen LogP contribution is -2.42. The first kappa shape index (κ1) is 24.6. The van der Waals surface area contributed by atoms with Crippen LogP contribution in [0.1, 0.15) is 26.0 Å². The Morgan fingerprint density at radius 2 is 1.97 bits per heavy atom. The average Bonchev–Trinajstić information content (AvgIpc) is 2.71. The Bertz CT molecular complexity index is 1180. The van der Waals surface area contributed by atoms with Gasteiger partial charge in [0.2, 0.25) is 10.0 Å². The van der Waals surface area contributed by atoms with E-state index >= 15 is 0 Å². The minimum Gasteiger partial charge on any atom is -0.375 e. The molecular formula is C18H27FN4O6S2. The first-order chi connectivity index (χ1) is 14.5. The Morgan fingerprint density at radius 3 is 2.65 bits per heavy atom. The quantitative estimate of drug-likeness (QED) is 0.328. The normalized spacial score (nSPS) is 11.8. The van der Waals surface area contributed by atoms with Gasteiger partial charge in [-0.1, -0.05) is 18.7 Å². The van der Waals surface area contributed by atoms with Gasteiger partial charge in [-0.3, -0.25) is 10.2 Å². The Balaban J connectivity index is 0. The third-order valence-corrected chi connectivity index (χ3v) is 6.03. The maximum atomic E-state index is 13.7. The van der Waals surface area contributed by atoms with Crippen molar-refractivity contribution in [1.29, 1.82) is 0 Å². The molecule has 174 valence electrons. The van der Waals surface area contributed by atoms with E-state index in [9.17, 15) is 26.0 Å². The van der Waals surface area contributed by atoms with Crippen LogP contribution in [0, 0.1) is 12.7 Å². The smallest absolute Gasteiger partial charge is 0.284 e. The Hall–Kier alpha value is -2.71. The number of aryl methyl sites for hydroxylation is 1. The third-order valence-electron chi connectivity index (χ3n) is 3.71. The monoisotopic (exact) mass is 478 g/mol. The number of sulfonamides is 2. The first-order valence-corrected chi connectivity index (χ1v) is 11.8.